The van der Waals surface area contributed by atoms with Gasteiger partial charge in [0.1, 0.15) is 0 Å². The molecule has 0 spiro atoms. The van der Waals surface area contributed by atoms with Gasteiger partial charge in [-0.05, 0) is 37.0 Å². The molecule has 1 N–H and O–H groups in total. The predicted octanol–water partition coefficient (Wildman–Crippen LogP) is 2.44. The summed E-state index contributed by atoms with van der Waals surface area (Å²) in [5, 5.41) is 3.50. The van der Waals surface area contributed by atoms with Crippen LogP contribution in [0, 0.1) is 5.92 Å². The Morgan fingerprint density at radius 2 is 2.03 bits per heavy atom. The van der Waals surface area contributed by atoms with Crippen LogP contribution in [0.2, 0.25) is 0 Å². The number of rotatable bonds is 7. The van der Waals surface area contributed by atoms with Gasteiger partial charge in [-0.25, -0.2) is 0 Å². The average Bonchev–Trinajstić information content (AvgIpc) is 3.18. The molecule has 1 atom stereocenters. The van der Waals surface area contributed by atoms with Crippen molar-refractivity contribution in [1.82, 2.24) is 15.1 Å². The van der Waals surface area contributed by atoms with E-state index in [0.717, 1.165) is 69.0 Å². The highest BCUT2D eigenvalue weighted by Crippen LogP contribution is 2.28. The van der Waals surface area contributed by atoms with Crippen molar-refractivity contribution in [2.24, 2.45) is 10.9 Å². The first-order valence-electron chi connectivity index (χ1n) is 10.3. The van der Waals surface area contributed by atoms with E-state index in [-0.39, 0.29) is 24.0 Å². The summed E-state index contributed by atoms with van der Waals surface area (Å²) in [7, 11) is 3.52. The molecule has 2 aliphatic heterocycles. The topological polar surface area (TPSA) is 58.6 Å². The first kappa shape index (κ1) is 24.0. The zero-order chi connectivity index (χ0) is 19.8. The molecule has 1 aromatic carbocycles. The number of benzene rings is 1. The summed E-state index contributed by atoms with van der Waals surface area (Å²) in [5.74, 6) is 3.21. The van der Waals surface area contributed by atoms with Gasteiger partial charge in [0.05, 0.1) is 26.9 Å². The molecule has 2 saturated heterocycles. The predicted molar refractivity (Wildman–Crippen MR) is 127 cm³/mol. The number of halogens is 1. The van der Waals surface area contributed by atoms with Crippen molar-refractivity contribution in [3.05, 3.63) is 23.8 Å². The molecule has 2 heterocycles. The van der Waals surface area contributed by atoms with E-state index >= 15 is 0 Å². The highest BCUT2D eigenvalue weighted by atomic mass is 127. The van der Waals surface area contributed by atoms with Crippen LogP contribution < -0.4 is 14.8 Å². The van der Waals surface area contributed by atoms with Crippen LogP contribution in [0.15, 0.2) is 23.2 Å². The first-order valence-corrected chi connectivity index (χ1v) is 10.3. The molecular formula is C21H35IN4O3. The van der Waals surface area contributed by atoms with Crippen LogP contribution in [0.25, 0.3) is 0 Å². The van der Waals surface area contributed by atoms with Gasteiger partial charge < -0.3 is 24.4 Å². The van der Waals surface area contributed by atoms with Crippen molar-refractivity contribution in [1.29, 1.82) is 0 Å². The van der Waals surface area contributed by atoms with Gasteiger partial charge in [0.2, 0.25) is 0 Å². The lowest BCUT2D eigenvalue weighted by Crippen LogP contribution is -2.42. The van der Waals surface area contributed by atoms with Gasteiger partial charge in [0.25, 0.3) is 0 Å². The summed E-state index contributed by atoms with van der Waals surface area (Å²) in [6.07, 6.45) is 1.22. The highest BCUT2D eigenvalue weighted by molar-refractivity contribution is 14.0. The second-order valence-corrected chi connectivity index (χ2v) is 7.33. The molecule has 0 radical (unpaired) electrons. The second-order valence-electron chi connectivity index (χ2n) is 7.33. The minimum absolute atomic E-state index is 0. The molecule has 2 aliphatic rings. The Kier molecular flexibility index (Phi) is 10.3. The molecular weight excluding hydrogens is 483 g/mol. The largest absolute Gasteiger partial charge is 0.493 e. The van der Waals surface area contributed by atoms with Crippen molar-refractivity contribution in [3.63, 3.8) is 0 Å². The number of aliphatic imine (C=N–C) groups is 1. The highest BCUT2D eigenvalue weighted by Gasteiger charge is 2.27. The van der Waals surface area contributed by atoms with E-state index < -0.39 is 0 Å². The second kappa shape index (κ2) is 12.4. The third-order valence-corrected chi connectivity index (χ3v) is 5.40. The lowest BCUT2D eigenvalue weighted by Gasteiger charge is -2.29. The molecule has 0 aliphatic carbocycles. The van der Waals surface area contributed by atoms with Gasteiger partial charge in [0, 0.05) is 46.3 Å². The summed E-state index contributed by atoms with van der Waals surface area (Å²) < 4.78 is 16.5. The summed E-state index contributed by atoms with van der Waals surface area (Å²) in [6.45, 7) is 10.4. The summed E-state index contributed by atoms with van der Waals surface area (Å²) in [5.41, 5.74) is 1.15. The van der Waals surface area contributed by atoms with Gasteiger partial charge in [-0.3, -0.25) is 9.89 Å². The van der Waals surface area contributed by atoms with Gasteiger partial charge in [-0.15, -0.1) is 24.0 Å². The van der Waals surface area contributed by atoms with Crippen molar-refractivity contribution >= 4 is 29.9 Å². The SMILES string of the molecule is CCOc1cc(CNC(=NC)N2CCC(CN3CCOCC3)C2)ccc1OC.I. The van der Waals surface area contributed by atoms with Crippen LogP contribution in [0.1, 0.15) is 18.9 Å². The Labute approximate surface area is 191 Å². The van der Waals surface area contributed by atoms with E-state index in [1.165, 1.54) is 6.42 Å². The summed E-state index contributed by atoms with van der Waals surface area (Å²) in [4.78, 5) is 9.40. The van der Waals surface area contributed by atoms with Crippen molar-refractivity contribution in [2.75, 3.05) is 66.7 Å². The number of ether oxygens (including phenoxy) is 3. The molecule has 3 rings (SSSR count). The van der Waals surface area contributed by atoms with E-state index in [0.29, 0.717) is 19.1 Å². The zero-order valence-electron chi connectivity index (χ0n) is 17.9. The van der Waals surface area contributed by atoms with Crippen LogP contribution in [0.4, 0.5) is 0 Å². The van der Waals surface area contributed by atoms with Crippen LogP contribution in [-0.2, 0) is 11.3 Å². The molecule has 8 heteroatoms. The standard InChI is InChI=1S/C21H34N4O3.HI/c1-4-28-20-13-17(5-6-19(20)26-3)14-23-21(22-2)25-8-7-18(16-25)15-24-9-11-27-12-10-24;/h5-6,13,18H,4,7-12,14-16H2,1-3H3,(H,22,23);1H. The number of nitrogens with one attached hydrogen (secondary N) is 1. The minimum atomic E-state index is 0. The van der Waals surface area contributed by atoms with Crippen LogP contribution in [0.5, 0.6) is 11.5 Å². The quantitative estimate of drug-likeness (QED) is 0.340. The van der Waals surface area contributed by atoms with Gasteiger partial charge in [-0.1, -0.05) is 6.07 Å². The fourth-order valence-electron chi connectivity index (χ4n) is 3.94. The molecule has 0 saturated carbocycles. The molecule has 1 aromatic rings. The number of hydrogen-bond donors (Lipinski definition) is 1. The number of guanidine groups is 1. The molecule has 0 aromatic heterocycles. The number of likely N-dealkylation sites (tertiary alicyclic amines) is 1. The maximum atomic E-state index is 5.68. The van der Waals surface area contributed by atoms with Gasteiger partial charge in [-0.2, -0.15) is 0 Å². The van der Waals surface area contributed by atoms with Crippen molar-refractivity contribution in [2.45, 2.75) is 19.9 Å². The van der Waals surface area contributed by atoms with Gasteiger partial charge in [0.15, 0.2) is 17.5 Å². The third kappa shape index (κ3) is 6.89. The molecule has 7 nitrogen and oxygen atoms in total. The molecule has 1 unspecified atom stereocenters. The van der Waals surface area contributed by atoms with E-state index in [1.807, 2.05) is 26.1 Å². The summed E-state index contributed by atoms with van der Waals surface area (Å²) in [6, 6.07) is 6.06. The number of morpholine rings is 1. The number of methoxy groups -OCH3 is 1. The van der Waals surface area contributed by atoms with Gasteiger partial charge >= 0.3 is 0 Å². The average molecular weight is 518 g/mol. The monoisotopic (exact) mass is 518 g/mol. The van der Waals surface area contributed by atoms with Crippen LogP contribution in [0.3, 0.4) is 0 Å². The van der Waals surface area contributed by atoms with E-state index in [9.17, 15) is 0 Å². The Morgan fingerprint density at radius 3 is 2.72 bits per heavy atom. The van der Waals surface area contributed by atoms with Crippen molar-refractivity contribution < 1.29 is 14.2 Å². The molecule has 2 fully saturated rings. The molecule has 0 amide bonds. The number of nitrogens with zero attached hydrogens (tertiary/aromatic N) is 3. The normalized spacial score (nSPS) is 20.3. The van der Waals surface area contributed by atoms with E-state index in [4.69, 9.17) is 14.2 Å². The lowest BCUT2D eigenvalue weighted by molar-refractivity contribution is 0.0315. The zero-order valence-corrected chi connectivity index (χ0v) is 20.2. The Balaban J connectivity index is 0.00000300. The van der Waals surface area contributed by atoms with Crippen LogP contribution >= 0.6 is 24.0 Å². The smallest absolute Gasteiger partial charge is 0.193 e. The van der Waals surface area contributed by atoms with Crippen molar-refractivity contribution in [3.8, 4) is 11.5 Å². The Morgan fingerprint density at radius 1 is 1.24 bits per heavy atom. The Bertz CT molecular complexity index is 653. The maximum Gasteiger partial charge on any atom is 0.193 e. The molecule has 164 valence electrons. The molecule has 0 bridgehead atoms. The lowest BCUT2D eigenvalue weighted by atomic mass is 10.1. The minimum Gasteiger partial charge on any atom is -0.493 e. The third-order valence-electron chi connectivity index (χ3n) is 5.40. The number of hydrogen-bond acceptors (Lipinski definition) is 5. The van der Waals surface area contributed by atoms with Crippen LogP contribution in [-0.4, -0.2) is 82.5 Å². The molecule has 29 heavy (non-hydrogen) atoms. The summed E-state index contributed by atoms with van der Waals surface area (Å²) >= 11 is 0. The van der Waals surface area contributed by atoms with E-state index in [1.54, 1.807) is 7.11 Å². The maximum absolute atomic E-state index is 5.68. The Hall–Kier alpha value is -1.26. The fourth-order valence-corrected chi connectivity index (χ4v) is 3.94. The fraction of sp³-hybridized carbons (Fsp3) is 0.667. The first-order chi connectivity index (χ1) is 13.7. The van der Waals surface area contributed by atoms with E-state index in [2.05, 4.69) is 26.2 Å².